The molecular formula is C44H59I2N2O14S4+. The normalized spacial score (nSPS) is 19.9. The molecule has 366 valence electrons. The molecule has 2 atom stereocenters. The van der Waals surface area contributed by atoms with Crippen LogP contribution in [0.15, 0.2) is 83.5 Å². The highest BCUT2D eigenvalue weighted by Gasteiger charge is 2.48. The molecule has 4 rings (SSSR count). The zero-order valence-corrected chi connectivity index (χ0v) is 44.4. The van der Waals surface area contributed by atoms with Gasteiger partial charge in [0.15, 0.2) is 5.71 Å². The Balaban J connectivity index is 1.71. The van der Waals surface area contributed by atoms with Gasteiger partial charge < -0.3 is 10.0 Å². The Labute approximate surface area is 416 Å². The minimum absolute atomic E-state index is 0.0876. The summed E-state index contributed by atoms with van der Waals surface area (Å²) in [5.74, 6) is -2.05. The molecule has 2 aromatic carbocycles. The summed E-state index contributed by atoms with van der Waals surface area (Å²) in [4.78, 5) is 13.1. The number of fused-ring (bicyclic) bond motifs is 2. The molecule has 5 N–H and O–H groups in total. The smallest absolute Gasteiger partial charge is 0.303 e. The maximum Gasteiger partial charge on any atom is 0.303 e. The highest BCUT2D eigenvalue weighted by molar-refractivity contribution is 14.1. The first-order valence-corrected chi connectivity index (χ1v) is 29.9. The number of halogens is 2. The van der Waals surface area contributed by atoms with Gasteiger partial charge in [-0.2, -0.15) is 38.2 Å². The second kappa shape index (κ2) is 23.8. The number of unbranched alkanes of at least 4 members (excludes halogenated alkanes) is 6. The molecule has 16 nitrogen and oxygen atoms in total. The molecule has 2 aliphatic rings. The quantitative estimate of drug-likeness (QED) is 0.0184. The zero-order chi connectivity index (χ0) is 49.1. The Kier molecular flexibility index (Phi) is 20.2. The average Bonchev–Trinajstić information content (AvgIpc) is 3.55. The lowest BCUT2D eigenvalue weighted by Crippen LogP contribution is -2.31. The Bertz CT molecular complexity index is 2720. The average molecular weight is 1220 g/mol. The number of hydrogen-bond donors (Lipinski definition) is 5. The number of carboxylic acids is 1. The van der Waals surface area contributed by atoms with Crippen LogP contribution in [0.2, 0.25) is 0 Å². The van der Waals surface area contributed by atoms with Crippen molar-refractivity contribution in [2.45, 2.75) is 113 Å². The van der Waals surface area contributed by atoms with Crippen LogP contribution in [0.1, 0.15) is 108 Å². The molecule has 0 spiro atoms. The molecule has 0 aromatic heterocycles. The lowest BCUT2D eigenvalue weighted by molar-refractivity contribution is -0.438. The second-order valence-corrected chi connectivity index (χ2v) is 25.6. The molecule has 0 saturated heterocycles. The molecule has 0 radical (unpaired) electrons. The van der Waals surface area contributed by atoms with E-state index in [4.69, 9.17) is 0 Å². The maximum atomic E-state index is 12.3. The first kappa shape index (κ1) is 56.0. The van der Waals surface area contributed by atoms with Gasteiger partial charge in [0, 0.05) is 66.6 Å². The van der Waals surface area contributed by atoms with Crippen molar-refractivity contribution in [2.24, 2.45) is 0 Å². The Morgan fingerprint density at radius 1 is 0.682 bits per heavy atom. The summed E-state index contributed by atoms with van der Waals surface area (Å²) < 4.78 is 135. The van der Waals surface area contributed by atoms with Gasteiger partial charge in [0.05, 0.1) is 27.6 Å². The van der Waals surface area contributed by atoms with E-state index >= 15 is 0 Å². The predicted octanol–water partition coefficient (Wildman–Crippen LogP) is 8.65. The summed E-state index contributed by atoms with van der Waals surface area (Å²) in [7, 11) is -17.1. The van der Waals surface area contributed by atoms with E-state index in [0.717, 1.165) is 49.1 Å². The minimum atomic E-state index is -4.59. The lowest BCUT2D eigenvalue weighted by Gasteiger charge is -2.31. The number of carbonyl (C=O) groups is 1. The molecule has 0 aliphatic carbocycles. The SMILES string of the molecule is CC1(CCCCCS(=O)(=O)O)C(/C=C/C=C/C=C/C=C2\N(CCCCS(=O)(=O)O)c3cc(I)cc(I)c3C2(C)CCCCCC(=O)O)=[N+](CCCCS(=O)(=O)O)c2ccc(S(=O)(=O)O)cc21. The zero-order valence-electron chi connectivity index (χ0n) is 36.8. The van der Waals surface area contributed by atoms with Gasteiger partial charge in [0.2, 0.25) is 5.69 Å². The van der Waals surface area contributed by atoms with Crippen molar-refractivity contribution < 1.29 is 66.4 Å². The monoisotopic (exact) mass is 1220 g/mol. The van der Waals surface area contributed by atoms with Crippen LogP contribution in [-0.4, -0.2) is 104 Å². The molecule has 2 heterocycles. The van der Waals surface area contributed by atoms with E-state index < -0.39 is 68.8 Å². The largest absolute Gasteiger partial charge is 0.481 e. The van der Waals surface area contributed by atoms with Gasteiger partial charge >= 0.3 is 5.97 Å². The Morgan fingerprint density at radius 3 is 1.85 bits per heavy atom. The lowest BCUT2D eigenvalue weighted by atomic mass is 9.75. The molecular weight excluding hydrogens is 1160 g/mol. The molecule has 2 aliphatic heterocycles. The first-order valence-electron chi connectivity index (χ1n) is 21.5. The number of anilines is 1. The molecule has 0 saturated carbocycles. The number of aliphatic carboxylic acids is 1. The second-order valence-electron chi connectivity index (χ2n) is 17.0. The van der Waals surface area contributed by atoms with Crippen molar-refractivity contribution in [2.75, 3.05) is 35.2 Å². The van der Waals surface area contributed by atoms with Crippen LogP contribution in [0, 0.1) is 7.14 Å². The van der Waals surface area contributed by atoms with E-state index in [9.17, 15) is 61.8 Å². The van der Waals surface area contributed by atoms with Gasteiger partial charge in [-0.05, 0) is 134 Å². The van der Waals surface area contributed by atoms with Crippen LogP contribution in [0.25, 0.3) is 0 Å². The van der Waals surface area contributed by atoms with Crippen molar-refractivity contribution in [3.05, 3.63) is 96.8 Å². The first-order chi connectivity index (χ1) is 30.7. The summed E-state index contributed by atoms with van der Waals surface area (Å²) >= 11 is 4.62. The fourth-order valence-corrected chi connectivity index (χ4v) is 13.4. The van der Waals surface area contributed by atoms with Gasteiger partial charge in [0.25, 0.3) is 40.5 Å². The van der Waals surface area contributed by atoms with Crippen molar-refractivity contribution in [3.8, 4) is 0 Å². The summed E-state index contributed by atoms with van der Waals surface area (Å²) in [6, 6.07) is 8.48. The van der Waals surface area contributed by atoms with Crippen LogP contribution in [-0.2, 0) is 56.1 Å². The number of carboxylic acid groups (broad SMARTS) is 1. The maximum absolute atomic E-state index is 12.3. The van der Waals surface area contributed by atoms with E-state index in [1.54, 1.807) is 12.1 Å². The van der Waals surface area contributed by atoms with Crippen molar-refractivity contribution in [3.63, 3.8) is 0 Å². The number of rotatable bonds is 27. The molecule has 2 aromatic rings. The molecule has 22 heteroatoms. The number of nitrogens with zero attached hydrogens (tertiary/aromatic N) is 2. The number of benzene rings is 2. The third kappa shape index (κ3) is 16.3. The van der Waals surface area contributed by atoms with Crippen LogP contribution in [0.3, 0.4) is 0 Å². The van der Waals surface area contributed by atoms with Crippen LogP contribution >= 0.6 is 45.2 Å². The highest BCUT2D eigenvalue weighted by atomic mass is 127. The van der Waals surface area contributed by atoms with Gasteiger partial charge in [0.1, 0.15) is 6.54 Å². The van der Waals surface area contributed by atoms with Crippen molar-refractivity contribution >= 4 is 109 Å². The number of hydrogen-bond acceptors (Lipinski definition) is 10. The molecule has 0 amide bonds. The third-order valence-electron chi connectivity index (χ3n) is 11.9. The van der Waals surface area contributed by atoms with Crippen LogP contribution in [0.4, 0.5) is 11.4 Å². The Morgan fingerprint density at radius 2 is 1.24 bits per heavy atom. The van der Waals surface area contributed by atoms with Gasteiger partial charge in [-0.1, -0.05) is 56.1 Å². The van der Waals surface area contributed by atoms with Crippen LogP contribution < -0.4 is 4.90 Å². The van der Waals surface area contributed by atoms with E-state index in [1.165, 1.54) is 12.1 Å². The van der Waals surface area contributed by atoms with Crippen LogP contribution in [0.5, 0.6) is 0 Å². The Hall–Kier alpha value is -2.56. The topological polar surface area (TPSA) is 261 Å². The molecule has 0 bridgehead atoms. The van der Waals surface area contributed by atoms with E-state index in [1.807, 2.05) is 48.0 Å². The van der Waals surface area contributed by atoms with E-state index in [2.05, 4.69) is 69.1 Å². The van der Waals surface area contributed by atoms with Gasteiger partial charge in [-0.25, -0.2) is 0 Å². The van der Waals surface area contributed by atoms with E-state index in [-0.39, 0.29) is 36.3 Å². The minimum Gasteiger partial charge on any atom is -0.481 e. The summed E-state index contributed by atoms with van der Waals surface area (Å²) in [6.07, 6.45) is 18.7. The highest BCUT2D eigenvalue weighted by Crippen LogP contribution is 2.53. The fourth-order valence-electron chi connectivity index (χ4n) is 8.80. The van der Waals surface area contributed by atoms with E-state index in [0.29, 0.717) is 62.9 Å². The van der Waals surface area contributed by atoms with Crippen molar-refractivity contribution in [1.29, 1.82) is 0 Å². The summed E-state index contributed by atoms with van der Waals surface area (Å²) in [5, 5.41) is 9.20. The standard InChI is InChI=1S/C44H58I2N2O14S4/c1-43(23-12-7-15-27-63(51,52)53)35-32-34(66(60,61)62)21-22-37(35)47(25-13-16-28-64(54,55)56)39(43)18-8-4-3-5-9-19-40-44(2,24-11-6-10-20-41(49)50)42-36(46)30-33(45)31-38(42)48(40)26-14-17-29-65(57,58)59/h3-5,8-9,18-19,21-22,30-32H,6-7,10-17,20,23-29H2,1-2H3,(H4-,49,50,51,52,53,54,55,56,57,58,59,60,61,62)/p+1. The van der Waals surface area contributed by atoms with Crippen molar-refractivity contribution in [1.82, 2.24) is 0 Å². The molecule has 0 fully saturated rings. The van der Waals surface area contributed by atoms with Gasteiger partial charge in [-0.15, -0.1) is 0 Å². The third-order valence-corrected chi connectivity index (χ3v) is 16.6. The summed E-state index contributed by atoms with van der Waals surface area (Å²) in [5.41, 5.74) is 3.76. The van der Waals surface area contributed by atoms with Gasteiger partial charge in [-0.3, -0.25) is 23.0 Å². The fraction of sp³-hybridized carbons (Fsp3) is 0.500. The molecule has 2 unspecified atom stereocenters. The summed E-state index contributed by atoms with van der Waals surface area (Å²) in [6.45, 7) is 4.87. The molecule has 66 heavy (non-hydrogen) atoms. The number of allylic oxidation sites excluding steroid dienone is 8. The predicted molar refractivity (Wildman–Crippen MR) is 272 cm³/mol.